The summed E-state index contributed by atoms with van der Waals surface area (Å²) in [5, 5.41) is 0. The van der Waals surface area contributed by atoms with Crippen LogP contribution < -0.4 is 0 Å². The molecule has 0 spiro atoms. The summed E-state index contributed by atoms with van der Waals surface area (Å²) < 4.78 is 0.894. The van der Waals surface area contributed by atoms with E-state index in [2.05, 4.69) is 22.9 Å². The number of rotatable bonds is 4. The van der Waals surface area contributed by atoms with E-state index >= 15 is 0 Å². The second kappa shape index (κ2) is 5.87. The number of aryl methyl sites for hydroxylation is 1. The van der Waals surface area contributed by atoms with Crippen LogP contribution in [0.2, 0.25) is 0 Å². The van der Waals surface area contributed by atoms with Gasteiger partial charge in [0.05, 0.1) is 5.56 Å². The van der Waals surface area contributed by atoms with Crippen LogP contribution >= 0.6 is 15.9 Å². The molecule has 1 saturated carbocycles. The van der Waals surface area contributed by atoms with E-state index in [1.54, 1.807) is 0 Å². The van der Waals surface area contributed by atoms with E-state index in [1.165, 1.54) is 19.3 Å². The lowest BCUT2D eigenvalue weighted by Gasteiger charge is -2.32. The molecule has 1 fully saturated rings. The molecule has 0 N–H and O–H groups in total. The van der Waals surface area contributed by atoms with Crippen molar-refractivity contribution in [3.63, 3.8) is 0 Å². The Bertz CT molecular complexity index is 440. The van der Waals surface area contributed by atoms with Gasteiger partial charge in [0.25, 0.3) is 5.91 Å². The highest BCUT2D eigenvalue weighted by atomic mass is 79.9. The number of hydrogen-bond donors (Lipinski definition) is 0. The number of nitrogens with zero attached hydrogens (tertiary/aromatic N) is 1. The maximum absolute atomic E-state index is 12.5. The number of carbonyl (C=O) groups excluding carboxylic acids is 1. The average Bonchev–Trinajstić information content (AvgIpc) is 2.30. The fraction of sp³-hybridized carbons (Fsp3) is 0.533. The summed E-state index contributed by atoms with van der Waals surface area (Å²) in [6, 6.07) is 5.94. The van der Waals surface area contributed by atoms with Gasteiger partial charge in [0.2, 0.25) is 0 Å². The number of benzene rings is 1. The van der Waals surface area contributed by atoms with Gasteiger partial charge in [-0.3, -0.25) is 4.79 Å². The average molecular weight is 310 g/mol. The van der Waals surface area contributed by atoms with E-state index in [4.69, 9.17) is 0 Å². The summed E-state index contributed by atoms with van der Waals surface area (Å²) in [4.78, 5) is 14.5. The van der Waals surface area contributed by atoms with Crippen LogP contribution in [-0.4, -0.2) is 23.9 Å². The number of hydrogen-bond acceptors (Lipinski definition) is 1. The molecule has 2 rings (SSSR count). The SMILES string of the molecule is CCN(CC1CCC1)C(=O)c1cc(C)ccc1Br. The molecule has 0 saturated heterocycles. The molecule has 1 aromatic carbocycles. The molecule has 1 aliphatic carbocycles. The summed E-state index contributed by atoms with van der Waals surface area (Å²) in [6.07, 6.45) is 3.88. The Morgan fingerprint density at radius 1 is 1.44 bits per heavy atom. The van der Waals surface area contributed by atoms with Gasteiger partial charge in [-0.15, -0.1) is 0 Å². The van der Waals surface area contributed by atoms with Crippen molar-refractivity contribution in [3.8, 4) is 0 Å². The highest BCUT2D eigenvalue weighted by Crippen LogP contribution is 2.28. The summed E-state index contributed by atoms with van der Waals surface area (Å²) in [5.41, 5.74) is 1.91. The Morgan fingerprint density at radius 3 is 2.72 bits per heavy atom. The van der Waals surface area contributed by atoms with Crippen LogP contribution in [0.3, 0.4) is 0 Å². The maximum Gasteiger partial charge on any atom is 0.255 e. The molecule has 2 nitrogen and oxygen atoms in total. The number of halogens is 1. The van der Waals surface area contributed by atoms with Gasteiger partial charge in [-0.2, -0.15) is 0 Å². The Labute approximate surface area is 117 Å². The van der Waals surface area contributed by atoms with Crippen LogP contribution in [0.4, 0.5) is 0 Å². The predicted molar refractivity (Wildman–Crippen MR) is 77.8 cm³/mol. The molecule has 1 amide bonds. The molecule has 0 bridgehead atoms. The van der Waals surface area contributed by atoms with Crippen LogP contribution in [0.5, 0.6) is 0 Å². The van der Waals surface area contributed by atoms with Crippen LogP contribution in [-0.2, 0) is 0 Å². The molecule has 3 heteroatoms. The van der Waals surface area contributed by atoms with E-state index < -0.39 is 0 Å². The minimum Gasteiger partial charge on any atom is -0.339 e. The molecular formula is C15H20BrNO. The highest BCUT2D eigenvalue weighted by Gasteiger charge is 2.24. The van der Waals surface area contributed by atoms with E-state index in [0.29, 0.717) is 0 Å². The van der Waals surface area contributed by atoms with Crippen molar-refractivity contribution in [1.29, 1.82) is 0 Å². The third-order valence-electron chi connectivity index (χ3n) is 3.72. The monoisotopic (exact) mass is 309 g/mol. The fourth-order valence-electron chi connectivity index (χ4n) is 2.32. The maximum atomic E-state index is 12.5. The van der Waals surface area contributed by atoms with Crippen molar-refractivity contribution in [1.82, 2.24) is 4.90 Å². The van der Waals surface area contributed by atoms with E-state index in [0.717, 1.165) is 34.6 Å². The van der Waals surface area contributed by atoms with Crippen LogP contribution in [0.15, 0.2) is 22.7 Å². The van der Waals surface area contributed by atoms with Crippen molar-refractivity contribution in [3.05, 3.63) is 33.8 Å². The molecular weight excluding hydrogens is 290 g/mol. The minimum absolute atomic E-state index is 0.153. The Kier molecular flexibility index (Phi) is 4.44. The smallest absolute Gasteiger partial charge is 0.255 e. The first-order valence-electron chi connectivity index (χ1n) is 6.67. The summed E-state index contributed by atoms with van der Waals surface area (Å²) in [6.45, 7) is 5.77. The molecule has 0 unspecified atom stereocenters. The van der Waals surface area contributed by atoms with Crippen LogP contribution in [0.1, 0.15) is 42.1 Å². The van der Waals surface area contributed by atoms with Crippen molar-refractivity contribution in [2.45, 2.75) is 33.1 Å². The Morgan fingerprint density at radius 2 is 2.17 bits per heavy atom. The lowest BCUT2D eigenvalue weighted by molar-refractivity contribution is 0.0705. The van der Waals surface area contributed by atoms with Crippen molar-refractivity contribution < 1.29 is 4.79 Å². The van der Waals surface area contributed by atoms with Gasteiger partial charge in [0.15, 0.2) is 0 Å². The molecule has 1 aromatic rings. The fourth-order valence-corrected chi connectivity index (χ4v) is 2.73. The molecule has 18 heavy (non-hydrogen) atoms. The lowest BCUT2D eigenvalue weighted by atomic mass is 9.85. The normalized spacial score (nSPS) is 15.3. The predicted octanol–water partition coefficient (Wildman–Crippen LogP) is 4.02. The quantitative estimate of drug-likeness (QED) is 0.822. The molecule has 98 valence electrons. The van der Waals surface area contributed by atoms with Gasteiger partial charge in [0.1, 0.15) is 0 Å². The van der Waals surface area contributed by atoms with Gasteiger partial charge in [0, 0.05) is 17.6 Å². The zero-order valence-corrected chi connectivity index (χ0v) is 12.7. The number of amides is 1. The van der Waals surface area contributed by atoms with Crippen molar-refractivity contribution in [2.75, 3.05) is 13.1 Å². The van der Waals surface area contributed by atoms with Crippen LogP contribution in [0, 0.1) is 12.8 Å². The molecule has 1 aliphatic rings. The molecule has 0 aromatic heterocycles. The van der Waals surface area contributed by atoms with Gasteiger partial charge < -0.3 is 4.90 Å². The largest absolute Gasteiger partial charge is 0.339 e. The lowest BCUT2D eigenvalue weighted by Crippen LogP contribution is -2.37. The standard InChI is InChI=1S/C15H20BrNO/c1-3-17(10-12-5-4-6-12)15(18)13-9-11(2)7-8-14(13)16/h7-9,12H,3-6,10H2,1-2H3. The Hall–Kier alpha value is -0.830. The molecule has 0 radical (unpaired) electrons. The summed E-state index contributed by atoms with van der Waals surface area (Å²) in [7, 11) is 0. The van der Waals surface area contributed by atoms with Gasteiger partial charge in [-0.05, 0) is 60.7 Å². The molecule has 0 aliphatic heterocycles. The third kappa shape index (κ3) is 2.94. The van der Waals surface area contributed by atoms with Crippen LogP contribution in [0.25, 0.3) is 0 Å². The first-order chi connectivity index (χ1) is 8.61. The van der Waals surface area contributed by atoms with Crippen molar-refractivity contribution in [2.24, 2.45) is 5.92 Å². The highest BCUT2D eigenvalue weighted by molar-refractivity contribution is 9.10. The first kappa shape index (κ1) is 13.6. The molecule has 0 atom stereocenters. The van der Waals surface area contributed by atoms with Crippen molar-refractivity contribution >= 4 is 21.8 Å². The summed E-state index contributed by atoms with van der Waals surface area (Å²) >= 11 is 3.48. The second-order valence-corrected chi connectivity index (χ2v) is 5.98. The molecule has 0 heterocycles. The van der Waals surface area contributed by atoms with Gasteiger partial charge in [-0.1, -0.05) is 18.1 Å². The third-order valence-corrected chi connectivity index (χ3v) is 4.42. The second-order valence-electron chi connectivity index (χ2n) is 5.12. The van der Waals surface area contributed by atoms with E-state index in [9.17, 15) is 4.79 Å². The summed E-state index contributed by atoms with van der Waals surface area (Å²) in [5.74, 6) is 0.873. The topological polar surface area (TPSA) is 20.3 Å². The first-order valence-corrected chi connectivity index (χ1v) is 7.46. The Balaban J connectivity index is 2.14. The van der Waals surface area contributed by atoms with Gasteiger partial charge in [-0.25, -0.2) is 0 Å². The van der Waals surface area contributed by atoms with E-state index in [-0.39, 0.29) is 5.91 Å². The minimum atomic E-state index is 0.153. The van der Waals surface area contributed by atoms with Gasteiger partial charge >= 0.3 is 0 Å². The number of carbonyl (C=O) groups is 1. The zero-order chi connectivity index (χ0) is 13.1. The zero-order valence-electron chi connectivity index (χ0n) is 11.1. The van der Waals surface area contributed by atoms with E-state index in [1.807, 2.05) is 30.0 Å².